The van der Waals surface area contributed by atoms with Crippen LogP contribution in [0.3, 0.4) is 0 Å². The van der Waals surface area contributed by atoms with Crippen LogP contribution in [-0.4, -0.2) is 11.8 Å². The van der Waals surface area contributed by atoms with E-state index >= 15 is 0 Å². The molecule has 0 aliphatic rings. The van der Waals surface area contributed by atoms with Gasteiger partial charge in [0.15, 0.2) is 0 Å². The molecule has 0 atom stereocenters. The Kier molecular flexibility index (Phi) is 6.86. The van der Waals surface area contributed by atoms with E-state index in [9.17, 15) is 14.4 Å². The average Bonchev–Trinajstić information content (AvgIpc) is 2.92. The van der Waals surface area contributed by atoms with Gasteiger partial charge < -0.3 is 15.1 Å². The van der Waals surface area contributed by atoms with Crippen LogP contribution in [0.25, 0.3) is 22.1 Å². The second kappa shape index (κ2) is 10.4. The topological polar surface area (TPSA) is 88.4 Å². The van der Waals surface area contributed by atoms with E-state index in [4.69, 9.17) is 4.42 Å². The molecule has 6 heteroatoms. The molecular formula is C33H28N2O4. The molecule has 6 nitrogen and oxygen atoms in total. The first kappa shape index (κ1) is 25.7. The highest BCUT2D eigenvalue weighted by molar-refractivity contribution is 6.06. The molecule has 0 radical (unpaired) electrons. The summed E-state index contributed by atoms with van der Waals surface area (Å²) in [4.78, 5) is 38.1. The van der Waals surface area contributed by atoms with Crippen molar-refractivity contribution in [2.45, 2.75) is 26.2 Å². The Morgan fingerprint density at radius 3 is 1.82 bits per heavy atom. The maximum atomic E-state index is 12.9. The molecule has 0 spiro atoms. The normalized spacial score (nSPS) is 11.3. The Hall–Kier alpha value is -4.97. The van der Waals surface area contributed by atoms with Crippen molar-refractivity contribution in [2.24, 2.45) is 0 Å². The minimum absolute atomic E-state index is 0.00704. The molecule has 39 heavy (non-hydrogen) atoms. The van der Waals surface area contributed by atoms with Gasteiger partial charge in [0.05, 0.1) is 5.56 Å². The van der Waals surface area contributed by atoms with Crippen LogP contribution in [0.15, 0.2) is 112 Å². The molecule has 0 fully saturated rings. The van der Waals surface area contributed by atoms with Gasteiger partial charge in [0.2, 0.25) is 0 Å². The van der Waals surface area contributed by atoms with Crippen molar-refractivity contribution in [3.8, 4) is 11.1 Å². The van der Waals surface area contributed by atoms with Gasteiger partial charge in [0.1, 0.15) is 5.58 Å². The number of rotatable bonds is 5. The third-order valence-corrected chi connectivity index (χ3v) is 6.49. The lowest BCUT2D eigenvalue weighted by atomic mass is 9.87. The molecule has 0 aliphatic carbocycles. The zero-order valence-electron chi connectivity index (χ0n) is 21.9. The van der Waals surface area contributed by atoms with Gasteiger partial charge in [0, 0.05) is 27.9 Å². The number of carbonyl (C=O) groups is 2. The fraction of sp³-hybridized carbons (Fsp3) is 0.121. The summed E-state index contributed by atoms with van der Waals surface area (Å²) in [7, 11) is 0. The predicted octanol–water partition coefficient (Wildman–Crippen LogP) is 7.26. The molecule has 0 saturated carbocycles. The Bertz CT molecular complexity index is 1730. The van der Waals surface area contributed by atoms with Crippen LogP contribution in [0.5, 0.6) is 0 Å². The van der Waals surface area contributed by atoms with Gasteiger partial charge in [0.25, 0.3) is 11.8 Å². The van der Waals surface area contributed by atoms with Crippen molar-refractivity contribution in [3.05, 3.63) is 130 Å². The summed E-state index contributed by atoms with van der Waals surface area (Å²) in [5.41, 5.74) is 4.43. The van der Waals surface area contributed by atoms with E-state index in [2.05, 4.69) is 31.4 Å². The molecule has 0 unspecified atom stereocenters. The van der Waals surface area contributed by atoms with E-state index in [0.29, 0.717) is 39.2 Å². The predicted molar refractivity (Wildman–Crippen MR) is 155 cm³/mol. The van der Waals surface area contributed by atoms with Gasteiger partial charge in [-0.2, -0.15) is 0 Å². The van der Waals surface area contributed by atoms with Crippen LogP contribution in [0.2, 0.25) is 0 Å². The number of fused-ring (bicyclic) bond motifs is 1. The van der Waals surface area contributed by atoms with Crippen molar-refractivity contribution in [1.82, 2.24) is 0 Å². The van der Waals surface area contributed by atoms with Crippen LogP contribution >= 0.6 is 0 Å². The summed E-state index contributed by atoms with van der Waals surface area (Å²) in [5, 5.41) is 6.57. The van der Waals surface area contributed by atoms with Gasteiger partial charge in [-0.1, -0.05) is 69.3 Å². The first-order valence-corrected chi connectivity index (χ1v) is 12.6. The van der Waals surface area contributed by atoms with Gasteiger partial charge in [-0.25, -0.2) is 4.79 Å². The second-order valence-corrected chi connectivity index (χ2v) is 10.4. The van der Waals surface area contributed by atoms with E-state index in [-0.39, 0.29) is 17.2 Å². The van der Waals surface area contributed by atoms with Crippen molar-refractivity contribution >= 4 is 34.2 Å². The van der Waals surface area contributed by atoms with Crippen LogP contribution in [0, 0.1) is 0 Å². The molecule has 0 aliphatic heterocycles. The maximum Gasteiger partial charge on any atom is 0.344 e. The number of benzene rings is 4. The Labute approximate surface area is 226 Å². The summed E-state index contributed by atoms with van der Waals surface area (Å²) in [6.07, 6.45) is 0. The molecule has 5 aromatic rings. The fourth-order valence-electron chi connectivity index (χ4n) is 4.27. The first-order valence-electron chi connectivity index (χ1n) is 12.6. The van der Waals surface area contributed by atoms with Gasteiger partial charge in [-0.05, 0) is 71.1 Å². The van der Waals surface area contributed by atoms with E-state index < -0.39 is 5.63 Å². The maximum absolute atomic E-state index is 12.9. The molecule has 4 aromatic carbocycles. The summed E-state index contributed by atoms with van der Waals surface area (Å²) in [6, 6.07) is 30.4. The molecule has 0 saturated heterocycles. The van der Waals surface area contributed by atoms with Crippen LogP contribution in [0.4, 0.5) is 11.4 Å². The molecule has 2 N–H and O–H groups in total. The highest BCUT2D eigenvalue weighted by Crippen LogP contribution is 2.24. The number of nitrogens with one attached hydrogen (secondary N) is 2. The van der Waals surface area contributed by atoms with Gasteiger partial charge in [-0.3, -0.25) is 9.59 Å². The zero-order valence-corrected chi connectivity index (χ0v) is 21.9. The third kappa shape index (κ3) is 5.80. The van der Waals surface area contributed by atoms with Crippen molar-refractivity contribution < 1.29 is 14.0 Å². The lowest BCUT2D eigenvalue weighted by Gasteiger charge is -2.19. The van der Waals surface area contributed by atoms with Crippen LogP contribution in [-0.2, 0) is 5.41 Å². The zero-order chi connectivity index (χ0) is 27.6. The Balaban J connectivity index is 1.27. The minimum Gasteiger partial charge on any atom is -0.422 e. The Morgan fingerprint density at radius 1 is 0.667 bits per heavy atom. The van der Waals surface area contributed by atoms with Crippen molar-refractivity contribution in [3.63, 3.8) is 0 Å². The summed E-state index contributed by atoms with van der Waals surface area (Å²) in [6.45, 7) is 6.37. The fourth-order valence-corrected chi connectivity index (χ4v) is 4.27. The van der Waals surface area contributed by atoms with Crippen molar-refractivity contribution in [1.29, 1.82) is 0 Å². The molecule has 2 amide bonds. The largest absolute Gasteiger partial charge is 0.422 e. The summed E-state index contributed by atoms with van der Waals surface area (Å²) >= 11 is 0. The lowest BCUT2D eigenvalue weighted by Crippen LogP contribution is -2.15. The van der Waals surface area contributed by atoms with E-state index in [1.54, 1.807) is 60.7 Å². The first-order chi connectivity index (χ1) is 18.7. The smallest absolute Gasteiger partial charge is 0.344 e. The van der Waals surface area contributed by atoms with E-state index in [0.717, 1.165) is 10.9 Å². The quantitative estimate of drug-likeness (QED) is 0.241. The second-order valence-electron chi connectivity index (χ2n) is 10.4. The SMILES string of the molecule is CC(C)(C)c1ccc(C(=O)Nc2cccc(NC(=O)c3ccc(-c4cc5ccccc5oc4=O)cc3)c2)cc1. The summed E-state index contributed by atoms with van der Waals surface area (Å²) in [5.74, 6) is -0.541. The van der Waals surface area contributed by atoms with Crippen LogP contribution in [0.1, 0.15) is 47.1 Å². The lowest BCUT2D eigenvalue weighted by molar-refractivity contribution is 0.101. The molecule has 0 bridgehead atoms. The molecular weight excluding hydrogens is 488 g/mol. The monoisotopic (exact) mass is 516 g/mol. The molecule has 1 aromatic heterocycles. The van der Waals surface area contributed by atoms with Gasteiger partial charge in [-0.15, -0.1) is 0 Å². The average molecular weight is 517 g/mol. The standard InChI is InChI=1S/C33H28N2O4/c1-33(2,3)25-17-15-23(16-18-25)31(37)35-27-9-6-8-26(20-27)34-30(36)22-13-11-21(12-14-22)28-19-24-7-4-5-10-29(24)39-32(28)38/h4-20H,1-3H3,(H,34,36)(H,35,37). The number of carbonyl (C=O) groups excluding carboxylic acids is 2. The van der Waals surface area contributed by atoms with Crippen molar-refractivity contribution in [2.75, 3.05) is 10.6 Å². The number of hydrogen-bond acceptors (Lipinski definition) is 4. The number of hydrogen-bond donors (Lipinski definition) is 2. The molecule has 5 rings (SSSR count). The summed E-state index contributed by atoms with van der Waals surface area (Å²) < 4.78 is 5.42. The van der Waals surface area contributed by atoms with E-state index in [1.165, 1.54) is 0 Å². The highest BCUT2D eigenvalue weighted by atomic mass is 16.4. The number of anilines is 2. The van der Waals surface area contributed by atoms with E-state index in [1.807, 2.05) is 42.5 Å². The third-order valence-electron chi connectivity index (χ3n) is 6.49. The number of para-hydroxylation sites is 1. The molecule has 194 valence electrons. The highest BCUT2D eigenvalue weighted by Gasteiger charge is 2.15. The minimum atomic E-state index is -0.435. The number of amides is 2. The van der Waals surface area contributed by atoms with Crippen LogP contribution < -0.4 is 16.3 Å². The van der Waals surface area contributed by atoms with Gasteiger partial charge >= 0.3 is 5.63 Å². The molecule has 1 heterocycles. The Morgan fingerprint density at radius 2 is 1.23 bits per heavy atom.